The van der Waals surface area contributed by atoms with Crippen LogP contribution < -0.4 is 4.74 Å². The molecule has 0 saturated heterocycles. The van der Waals surface area contributed by atoms with Gasteiger partial charge >= 0.3 is 0 Å². The van der Waals surface area contributed by atoms with Crippen molar-refractivity contribution in [2.45, 2.75) is 50.7 Å². The summed E-state index contributed by atoms with van der Waals surface area (Å²) in [4.78, 5) is 13.9. The zero-order chi connectivity index (χ0) is 15.1. The summed E-state index contributed by atoms with van der Waals surface area (Å²) < 4.78 is 5.58. The van der Waals surface area contributed by atoms with Crippen LogP contribution >= 0.6 is 0 Å². The molecule has 0 bridgehead atoms. The van der Waals surface area contributed by atoms with Crippen LogP contribution in [-0.4, -0.2) is 41.7 Å². The molecule has 2 unspecified atom stereocenters. The highest BCUT2D eigenvalue weighted by Gasteiger charge is 2.28. The topological polar surface area (TPSA) is 49.8 Å². The second kappa shape index (κ2) is 8.03. The van der Waals surface area contributed by atoms with Gasteiger partial charge in [0.2, 0.25) is 5.91 Å². The molecule has 1 saturated carbocycles. The van der Waals surface area contributed by atoms with Crippen molar-refractivity contribution in [3.8, 4) is 5.75 Å². The van der Waals surface area contributed by atoms with E-state index in [1.165, 1.54) is 0 Å². The minimum atomic E-state index is -0.367. The van der Waals surface area contributed by atoms with Crippen molar-refractivity contribution >= 4 is 5.91 Å². The summed E-state index contributed by atoms with van der Waals surface area (Å²) >= 11 is 0. The molecule has 0 radical (unpaired) electrons. The van der Waals surface area contributed by atoms with Gasteiger partial charge in [0.1, 0.15) is 5.75 Å². The van der Waals surface area contributed by atoms with Crippen LogP contribution in [0.2, 0.25) is 0 Å². The van der Waals surface area contributed by atoms with E-state index in [1.807, 2.05) is 30.3 Å². The van der Waals surface area contributed by atoms with Crippen molar-refractivity contribution in [3.63, 3.8) is 0 Å². The van der Waals surface area contributed by atoms with Gasteiger partial charge in [-0.3, -0.25) is 4.79 Å². The maximum absolute atomic E-state index is 12.2. The zero-order valence-electron chi connectivity index (χ0n) is 12.7. The van der Waals surface area contributed by atoms with Gasteiger partial charge in [-0.05, 0) is 31.4 Å². The highest BCUT2D eigenvalue weighted by Crippen LogP contribution is 2.23. The van der Waals surface area contributed by atoms with Crippen molar-refractivity contribution in [1.82, 2.24) is 4.90 Å². The summed E-state index contributed by atoms with van der Waals surface area (Å²) in [6.07, 6.45) is 4.66. The molecule has 116 valence electrons. The summed E-state index contributed by atoms with van der Waals surface area (Å²) in [6.45, 7) is 0.539. The number of para-hydroxylation sites is 1. The monoisotopic (exact) mass is 291 g/mol. The Morgan fingerprint density at radius 1 is 1.29 bits per heavy atom. The number of aliphatic hydroxyl groups excluding tert-OH is 1. The summed E-state index contributed by atoms with van der Waals surface area (Å²) in [5.74, 6) is 0.929. The summed E-state index contributed by atoms with van der Waals surface area (Å²) in [7, 11) is 1.81. The molecular weight excluding hydrogens is 266 g/mol. The fourth-order valence-corrected chi connectivity index (χ4v) is 2.83. The van der Waals surface area contributed by atoms with E-state index in [9.17, 15) is 9.90 Å². The molecule has 2 atom stereocenters. The van der Waals surface area contributed by atoms with Crippen LogP contribution in [0.4, 0.5) is 0 Å². The SMILES string of the molecule is CN(C(=O)CCCOc1ccccc1)C1CCCCC1O. The normalized spacial score (nSPS) is 21.8. The molecule has 1 fully saturated rings. The second-order valence-electron chi connectivity index (χ2n) is 5.69. The standard InChI is InChI=1S/C17H25NO3/c1-18(15-10-5-6-11-16(15)19)17(20)12-7-13-21-14-8-3-2-4-9-14/h2-4,8-9,15-16,19H,5-7,10-13H2,1H3. The Balaban J connectivity index is 1.69. The van der Waals surface area contributed by atoms with E-state index in [4.69, 9.17) is 4.74 Å². The average molecular weight is 291 g/mol. The van der Waals surface area contributed by atoms with Gasteiger partial charge in [0.05, 0.1) is 18.8 Å². The van der Waals surface area contributed by atoms with Gasteiger partial charge in [0, 0.05) is 13.5 Å². The highest BCUT2D eigenvalue weighted by molar-refractivity contribution is 5.76. The van der Waals surface area contributed by atoms with Gasteiger partial charge in [0.15, 0.2) is 0 Å². The Morgan fingerprint density at radius 2 is 2.00 bits per heavy atom. The lowest BCUT2D eigenvalue weighted by Gasteiger charge is -2.35. The number of hydrogen-bond acceptors (Lipinski definition) is 3. The summed E-state index contributed by atoms with van der Waals surface area (Å²) in [6, 6.07) is 9.61. The number of aliphatic hydroxyl groups is 1. The highest BCUT2D eigenvalue weighted by atomic mass is 16.5. The Bertz CT molecular complexity index is 435. The summed E-state index contributed by atoms with van der Waals surface area (Å²) in [5.41, 5.74) is 0. The van der Waals surface area contributed by atoms with Crippen LogP contribution in [0.1, 0.15) is 38.5 Å². The minimum Gasteiger partial charge on any atom is -0.494 e. The predicted molar refractivity (Wildman–Crippen MR) is 82.2 cm³/mol. The fourth-order valence-electron chi connectivity index (χ4n) is 2.83. The van der Waals surface area contributed by atoms with Crippen LogP contribution in [0, 0.1) is 0 Å². The number of benzene rings is 1. The molecule has 21 heavy (non-hydrogen) atoms. The van der Waals surface area contributed by atoms with E-state index in [1.54, 1.807) is 11.9 Å². The Kier molecular flexibility index (Phi) is 6.05. The molecule has 2 rings (SSSR count). The quantitative estimate of drug-likeness (QED) is 0.820. The molecule has 1 aromatic rings. The van der Waals surface area contributed by atoms with Gasteiger partial charge in [0.25, 0.3) is 0 Å². The van der Waals surface area contributed by atoms with Gasteiger partial charge < -0.3 is 14.7 Å². The number of rotatable bonds is 6. The number of nitrogens with zero attached hydrogens (tertiary/aromatic N) is 1. The second-order valence-corrected chi connectivity index (χ2v) is 5.69. The van der Waals surface area contributed by atoms with Gasteiger partial charge in [-0.25, -0.2) is 0 Å². The van der Waals surface area contributed by atoms with Gasteiger partial charge in [-0.1, -0.05) is 31.0 Å². The van der Waals surface area contributed by atoms with Crippen molar-refractivity contribution < 1.29 is 14.6 Å². The first-order valence-corrected chi connectivity index (χ1v) is 7.80. The lowest BCUT2D eigenvalue weighted by molar-refractivity contribution is -0.135. The lowest BCUT2D eigenvalue weighted by atomic mass is 9.91. The first-order valence-electron chi connectivity index (χ1n) is 7.80. The zero-order valence-corrected chi connectivity index (χ0v) is 12.7. The van der Waals surface area contributed by atoms with Crippen LogP contribution in [0.3, 0.4) is 0 Å². The van der Waals surface area contributed by atoms with Crippen LogP contribution in [-0.2, 0) is 4.79 Å². The maximum Gasteiger partial charge on any atom is 0.222 e. The molecule has 1 aliphatic carbocycles. The molecular formula is C17H25NO3. The number of carbonyl (C=O) groups is 1. The molecule has 0 spiro atoms. The molecule has 4 heteroatoms. The lowest BCUT2D eigenvalue weighted by Crippen LogP contribution is -2.46. The molecule has 0 aliphatic heterocycles. The van der Waals surface area contributed by atoms with Crippen molar-refractivity contribution in [2.75, 3.05) is 13.7 Å². The van der Waals surface area contributed by atoms with Crippen molar-refractivity contribution in [3.05, 3.63) is 30.3 Å². The third kappa shape index (κ3) is 4.74. The maximum atomic E-state index is 12.2. The van der Waals surface area contributed by atoms with Crippen LogP contribution in [0.15, 0.2) is 30.3 Å². The number of ether oxygens (including phenoxy) is 1. The third-order valence-electron chi connectivity index (χ3n) is 4.13. The smallest absolute Gasteiger partial charge is 0.222 e. The largest absolute Gasteiger partial charge is 0.494 e. The summed E-state index contributed by atoms with van der Waals surface area (Å²) in [5, 5.41) is 9.99. The number of carbonyl (C=O) groups excluding carboxylic acids is 1. The molecule has 0 aromatic heterocycles. The van der Waals surface area contributed by atoms with Crippen LogP contribution in [0.25, 0.3) is 0 Å². The van der Waals surface area contributed by atoms with Crippen LogP contribution in [0.5, 0.6) is 5.75 Å². The van der Waals surface area contributed by atoms with Gasteiger partial charge in [-0.2, -0.15) is 0 Å². The van der Waals surface area contributed by atoms with Gasteiger partial charge in [-0.15, -0.1) is 0 Å². The molecule has 1 aliphatic rings. The Morgan fingerprint density at radius 3 is 2.71 bits per heavy atom. The number of hydrogen-bond donors (Lipinski definition) is 1. The number of amides is 1. The first-order chi connectivity index (χ1) is 10.2. The average Bonchev–Trinajstić information content (AvgIpc) is 2.52. The van der Waals surface area contributed by atoms with E-state index >= 15 is 0 Å². The Labute approximate surface area is 126 Å². The Hall–Kier alpha value is -1.55. The van der Waals surface area contributed by atoms with Crippen molar-refractivity contribution in [1.29, 1.82) is 0 Å². The van der Waals surface area contributed by atoms with E-state index < -0.39 is 0 Å². The molecule has 4 nitrogen and oxygen atoms in total. The molecule has 1 N–H and O–H groups in total. The van der Waals surface area contributed by atoms with E-state index in [0.29, 0.717) is 19.4 Å². The third-order valence-corrected chi connectivity index (χ3v) is 4.13. The fraction of sp³-hybridized carbons (Fsp3) is 0.588. The predicted octanol–water partition coefficient (Wildman–Crippen LogP) is 2.61. The van der Waals surface area contributed by atoms with E-state index in [-0.39, 0.29) is 18.1 Å². The molecule has 1 aromatic carbocycles. The molecule has 1 amide bonds. The van der Waals surface area contributed by atoms with E-state index in [0.717, 1.165) is 31.4 Å². The van der Waals surface area contributed by atoms with E-state index in [2.05, 4.69) is 0 Å². The first kappa shape index (κ1) is 15.8. The van der Waals surface area contributed by atoms with Crippen molar-refractivity contribution in [2.24, 2.45) is 0 Å². The molecule has 0 heterocycles. The number of likely N-dealkylation sites (N-methyl/N-ethyl adjacent to an activating group) is 1. The minimum absolute atomic E-state index is 0.0127.